The zero-order chi connectivity index (χ0) is 42.6. The van der Waals surface area contributed by atoms with Crippen molar-refractivity contribution in [3.05, 3.63) is 203 Å². The first-order chi connectivity index (χ1) is 28.9. The van der Waals surface area contributed by atoms with Gasteiger partial charge in [-0.15, -0.1) is 11.3 Å². The molecule has 0 saturated carbocycles. The molecule has 13 heteroatoms. The lowest BCUT2D eigenvalue weighted by Gasteiger charge is -2.10. The van der Waals surface area contributed by atoms with Crippen LogP contribution in [0.25, 0.3) is 26.8 Å². The van der Waals surface area contributed by atoms with E-state index in [9.17, 15) is 22.6 Å². The Kier molecular flexibility index (Phi) is 14.6. The van der Waals surface area contributed by atoms with Gasteiger partial charge in [-0.2, -0.15) is 0 Å². The van der Waals surface area contributed by atoms with Crippen LogP contribution < -0.4 is 22.1 Å². The van der Waals surface area contributed by atoms with Gasteiger partial charge in [-0.05, 0) is 130 Å². The lowest BCUT2D eigenvalue weighted by molar-refractivity contribution is 0.0964. The topological polar surface area (TPSA) is 140 Å². The molecule has 0 aliphatic carbocycles. The highest BCUT2D eigenvalue weighted by molar-refractivity contribution is 7.99. The normalized spacial score (nSPS) is 11.9. The summed E-state index contributed by atoms with van der Waals surface area (Å²) in [7, 11) is -0.921. The SMILES string of the molecule is C=C/C=C(\C=C(/N)NC(=O)c1ccc(Sc2ccccn2)cc1)c1ccc(F)cc1.CS(=O)Cc1ccc2sc(C(=O)Nc3cc(-c4ccc(F)cc4)ccc3N)cc2c1. The average Bonchev–Trinajstić information content (AvgIpc) is 3.67. The van der Waals surface area contributed by atoms with Crippen molar-refractivity contribution < 1.29 is 22.6 Å². The lowest BCUT2D eigenvalue weighted by Crippen LogP contribution is -2.27. The molecule has 0 fully saturated rings. The number of anilines is 2. The van der Waals surface area contributed by atoms with E-state index in [0.29, 0.717) is 33.1 Å². The predicted octanol–water partition coefficient (Wildman–Crippen LogP) is 10.6. The fourth-order valence-electron chi connectivity index (χ4n) is 5.81. The van der Waals surface area contributed by atoms with Crippen molar-refractivity contribution in [1.82, 2.24) is 10.3 Å². The van der Waals surface area contributed by atoms with E-state index >= 15 is 0 Å². The second-order valence-electron chi connectivity index (χ2n) is 13.2. The summed E-state index contributed by atoms with van der Waals surface area (Å²) in [5.74, 6) is -0.549. The number of nitrogens with two attached hydrogens (primary N) is 2. The second-order valence-corrected chi connectivity index (χ2v) is 16.8. The summed E-state index contributed by atoms with van der Waals surface area (Å²) in [4.78, 5) is 31.1. The minimum Gasteiger partial charge on any atom is -0.397 e. The second kappa shape index (κ2) is 20.3. The molecule has 6 N–H and O–H groups in total. The zero-order valence-electron chi connectivity index (χ0n) is 32.2. The van der Waals surface area contributed by atoms with E-state index in [1.807, 2.05) is 60.7 Å². The number of amides is 2. The Balaban J connectivity index is 0.000000201. The number of benzene rings is 5. The van der Waals surface area contributed by atoms with Gasteiger partial charge in [0.25, 0.3) is 11.8 Å². The number of thiophene rings is 1. The van der Waals surface area contributed by atoms with Crippen LogP contribution in [0.2, 0.25) is 0 Å². The van der Waals surface area contributed by atoms with Gasteiger partial charge in [-0.3, -0.25) is 13.8 Å². The number of carbonyl (C=O) groups is 2. The van der Waals surface area contributed by atoms with Crippen LogP contribution in [0.5, 0.6) is 0 Å². The molecule has 0 bridgehead atoms. The van der Waals surface area contributed by atoms with Gasteiger partial charge in [0.2, 0.25) is 0 Å². The van der Waals surface area contributed by atoms with Crippen LogP contribution in [-0.4, -0.2) is 27.3 Å². The van der Waals surface area contributed by atoms with Gasteiger partial charge < -0.3 is 22.1 Å². The number of nitrogens with one attached hydrogen (secondary N) is 2. The number of nitrogens with zero attached hydrogens (tertiary/aromatic N) is 1. The molecule has 2 heterocycles. The van der Waals surface area contributed by atoms with Crippen LogP contribution in [0, 0.1) is 11.6 Å². The van der Waals surface area contributed by atoms with Crippen LogP contribution in [0.1, 0.15) is 31.2 Å². The number of pyridine rings is 1. The summed E-state index contributed by atoms with van der Waals surface area (Å²) in [6.07, 6.45) is 8.34. The molecule has 0 aliphatic rings. The Morgan fingerprint density at radius 3 is 2.18 bits per heavy atom. The largest absolute Gasteiger partial charge is 0.397 e. The monoisotopic (exact) mass is 855 g/mol. The molecule has 1 unspecified atom stereocenters. The van der Waals surface area contributed by atoms with Crippen molar-refractivity contribution >= 4 is 72.7 Å². The maximum absolute atomic E-state index is 13.2. The van der Waals surface area contributed by atoms with Crippen molar-refractivity contribution in [1.29, 1.82) is 0 Å². The number of hydrogen-bond donors (Lipinski definition) is 4. The van der Waals surface area contributed by atoms with Gasteiger partial charge in [-0.25, -0.2) is 13.8 Å². The average molecular weight is 856 g/mol. The number of carbonyl (C=O) groups excluding carboxylic acids is 2. The number of rotatable bonds is 12. The Labute approximate surface area is 357 Å². The highest BCUT2D eigenvalue weighted by atomic mass is 32.2. The Bertz CT molecular complexity index is 2720. The number of halogens is 2. The highest BCUT2D eigenvalue weighted by Crippen LogP contribution is 2.31. The number of nitrogen functional groups attached to an aromatic ring is 1. The molecule has 8 nitrogen and oxygen atoms in total. The number of hydrogen-bond acceptors (Lipinski definition) is 8. The van der Waals surface area contributed by atoms with Gasteiger partial charge >= 0.3 is 0 Å². The summed E-state index contributed by atoms with van der Waals surface area (Å²) in [5, 5.41) is 7.37. The summed E-state index contributed by atoms with van der Waals surface area (Å²) in [6, 6.07) is 38.0. The van der Waals surface area contributed by atoms with Crippen molar-refractivity contribution in [3.8, 4) is 11.1 Å². The van der Waals surface area contributed by atoms with Crippen molar-refractivity contribution in [2.24, 2.45) is 5.73 Å². The van der Waals surface area contributed by atoms with E-state index in [-0.39, 0.29) is 29.3 Å². The van der Waals surface area contributed by atoms with Gasteiger partial charge in [0, 0.05) is 44.2 Å². The van der Waals surface area contributed by atoms with Gasteiger partial charge in [0.05, 0.1) is 16.3 Å². The van der Waals surface area contributed by atoms with Gasteiger partial charge in [0.15, 0.2) is 0 Å². The predicted molar refractivity (Wildman–Crippen MR) is 243 cm³/mol. The number of aromatic nitrogens is 1. The van der Waals surface area contributed by atoms with Crippen molar-refractivity contribution in [3.63, 3.8) is 0 Å². The highest BCUT2D eigenvalue weighted by Gasteiger charge is 2.14. The Hall–Kier alpha value is -6.67. The summed E-state index contributed by atoms with van der Waals surface area (Å²) in [5.41, 5.74) is 17.6. The van der Waals surface area contributed by atoms with E-state index in [0.717, 1.165) is 42.3 Å². The summed E-state index contributed by atoms with van der Waals surface area (Å²) < 4.78 is 38.8. The third kappa shape index (κ3) is 11.9. The summed E-state index contributed by atoms with van der Waals surface area (Å²) in [6.45, 7) is 3.68. The molecule has 0 saturated heterocycles. The fraction of sp³-hybridized carbons (Fsp3) is 0.0426. The molecule has 5 aromatic carbocycles. The quantitative estimate of drug-likeness (QED) is 0.0708. The smallest absolute Gasteiger partial charge is 0.265 e. The maximum Gasteiger partial charge on any atom is 0.265 e. The lowest BCUT2D eigenvalue weighted by atomic mass is 10.0. The molecule has 2 amide bonds. The Morgan fingerprint density at radius 2 is 1.52 bits per heavy atom. The molecular weight excluding hydrogens is 817 g/mol. The number of fused-ring (bicyclic) bond motifs is 1. The summed E-state index contributed by atoms with van der Waals surface area (Å²) >= 11 is 2.90. The first-order valence-corrected chi connectivity index (χ1v) is 21.7. The molecule has 60 heavy (non-hydrogen) atoms. The van der Waals surface area contributed by atoms with E-state index in [4.69, 9.17) is 11.5 Å². The van der Waals surface area contributed by atoms with Crippen LogP contribution >= 0.6 is 23.1 Å². The Morgan fingerprint density at radius 1 is 0.833 bits per heavy atom. The van der Waals surface area contributed by atoms with E-state index in [1.54, 1.807) is 79.2 Å². The fourth-order valence-corrected chi connectivity index (χ4v) is 8.17. The first kappa shape index (κ1) is 42.9. The zero-order valence-corrected chi connectivity index (χ0v) is 34.7. The van der Waals surface area contributed by atoms with Crippen molar-refractivity contribution in [2.75, 3.05) is 17.3 Å². The molecule has 0 spiro atoms. The van der Waals surface area contributed by atoms with E-state index in [2.05, 4.69) is 22.2 Å². The molecule has 7 aromatic rings. The van der Waals surface area contributed by atoms with E-state index in [1.165, 1.54) is 47.4 Å². The van der Waals surface area contributed by atoms with Crippen LogP contribution in [0.3, 0.4) is 0 Å². The van der Waals surface area contributed by atoms with Crippen molar-refractivity contribution in [2.45, 2.75) is 15.7 Å². The van der Waals surface area contributed by atoms with Crippen LogP contribution in [-0.2, 0) is 16.6 Å². The third-order valence-electron chi connectivity index (χ3n) is 8.67. The maximum atomic E-state index is 13.2. The third-order valence-corrected chi connectivity index (χ3v) is 11.5. The van der Waals surface area contributed by atoms with Gasteiger partial charge in [0.1, 0.15) is 22.5 Å². The molecule has 0 aliphatic heterocycles. The van der Waals surface area contributed by atoms with Crippen LogP contribution in [0.4, 0.5) is 20.2 Å². The molecule has 0 radical (unpaired) electrons. The molecule has 302 valence electrons. The van der Waals surface area contributed by atoms with Gasteiger partial charge in [-0.1, -0.05) is 73.0 Å². The standard InChI is InChI=1S/C24H20FN3OS.C23H19FN2O2S2/c1-2-5-19(17-7-11-20(25)12-8-17)16-22(26)28-24(29)18-9-13-21(14-10-18)30-23-6-3-4-15-27-23;1-30(28)13-14-2-9-21-17(10-14)12-22(29-21)23(27)26-20-11-16(5-8-19(20)25)15-3-6-18(24)7-4-15/h2-16H,1,26H2,(H,28,29);2-12H,13,25H2,1H3,(H,26,27)/b19-5+,22-16+;. The number of allylic oxidation sites excluding steroid dienone is 4. The first-order valence-electron chi connectivity index (χ1n) is 18.3. The van der Waals surface area contributed by atoms with Crippen LogP contribution in [0.15, 0.2) is 180 Å². The molecule has 1 atom stereocenters. The molecular formula is C47H39F2N5O3S3. The molecule has 2 aromatic heterocycles. The minimum atomic E-state index is -0.921. The minimum absolute atomic E-state index is 0.171. The van der Waals surface area contributed by atoms with E-state index < -0.39 is 10.8 Å². The molecule has 7 rings (SSSR count).